The summed E-state index contributed by atoms with van der Waals surface area (Å²) >= 11 is 0. The molecule has 1 fully saturated rings. The van der Waals surface area contributed by atoms with E-state index < -0.39 is 0 Å². The molecular formula is C23H30N6O. The molecule has 0 saturated heterocycles. The molecule has 1 saturated carbocycles. The maximum atomic E-state index is 5.68. The van der Waals surface area contributed by atoms with Crippen molar-refractivity contribution in [2.45, 2.75) is 44.6 Å². The minimum atomic E-state index is 0.0599. The fourth-order valence-electron chi connectivity index (χ4n) is 4.42. The molecule has 0 aliphatic heterocycles. The molecule has 7 heteroatoms. The van der Waals surface area contributed by atoms with Crippen molar-refractivity contribution in [1.82, 2.24) is 25.2 Å². The average molecular weight is 407 g/mol. The predicted molar refractivity (Wildman–Crippen MR) is 119 cm³/mol. The lowest BCUT2D eigenvalue weighted by Crippen LogP contribution is -2.44. The number of para-hydroxylation sites is 1. The van der Waals surface area contributed by atoms with E-state index in [0.29, 0.717) is 6.54 Å². The number of aromatic nitrogens is 3. The zero-order valence-corrected chi connectivity index (χ0v) is 17.8. The highest BCUT2D eigenvalue weighted by Crippen LogP contribution is 2.44. The van der Waals surface area contributed by atoms with Gasteiger partial charge >= 0.3 is 0 Å². The van der Waals surface area contributed by atoms with Gasteiger partial charge in [0.05, 0.1) is 7.11 Å². The van der Waals surface area contributed by atoms with Crippen molar-refractivity contribution in [2.24, 2.45) is 4.99 Å². The van der Waals surface area contributed by atoms with Crippen molar-refractivity contribution >= 4 is 11.6 Å². The van der Waals surface area contributed by atoms with Gasteiger partial charge in [-0.1, -0.05) is 37.1 Å². The fraction of sp³-hybridized carbons (Fsp3) is 0.435. The lowest BCUT2D eigenvalue weighted by molar-refractivity contribution is 0.371. The van der Waals surface area contributed by atoms with Crippen molar-refractivity contribution in [3.8, 4) is 5.75 Å². The summed E-state index contributed by atoms with van der Waals surface area (Å²) in [5.74, 6) is 2.59. The van der Waals surface area contributed by atoms with Crippen LogP contribution in [-0.4, -0.2) is 40.8 Å². The number of aliphatic imine (C=N–C) groups is 1. The molecule has 7 nitrogen and oxygen atoms in total. The largest absolute Gasteiger partial charge is 0.496 e. The Morgan fingerprint density at radius 2 is 1.90 bits per heavy atom. The number of fused-ring (bicyclic) bond motifs is 1. The molecule has 0 radical (unpaired) electrons. The summed E-state index contributed by atoms with van der Waals surface area (Å²) in [5, 5.41) is 15.4. The van der Waals surface area contributed by atoms with E-state index in [1.807, 2.05) is 34.9 Å². The Hall–Kier alpha value is -3.09. The lowest BCUT2D eigenvalue weighted by Gasteiger charge is -2.32. The Morgan fingerprint density at radius 1 is 1.10 bits per heavy atom. The lowest BCUT2D eigenvalue weighted by atomic mass is 9.78. The molecule has 0 unspecified atom stereocenters. The van der Waals surface area contributed by atoms with Crippen LogP contribution in [0.4, 0.5) is 0 Å². The summed E-state index contributed by atoms with van der Waals surface area (Å²) < 4.78 is 7.66. The molecule has 2 heterocycles. The normalized spacial score (nSPS) is 16.0. The van der Waals surface area contributed by atoms with E-state index in [-0.39, 0.29) is 5.41 Å². The number of benzene rings is 1. The number of methoxy groups -OCH3 is 1. The molecule has 1 aromatic carbocycles. The van der Waals surface area contributed by atoms with Crippen molar-refractivity contribution < 1.29 is 4.74 Å². The van der Waals surface area contributed by atoms with Crippen LogP contribution in [-0.2, 0) is 12.0 Å². The van der Waals surface area contributed by atoms with Gasteiger partial charge in [0.1, 0.15) is 12.3 Å². The third kappa shape index (κ3) is 4.10. The van der Waals surface area contributed by atoms with Crippen LogP contribution in [0.15, 0.2) is 53.7 Å². The Labute approximate surface area is 177 Å². The molecule has 3 aromatic rings. The molecule has 1 aliphatic carbocycles. The molecule has 158 valence electrons. The quantitative estimate of drug-likeness (QED) is 0.465. The van der Waals surface area contributed by atoms with Crippen molar-refractivity contribution in [2.75, 3.05) is 20.2 Å². The van der Waals surface area contributed by atoms with Crippen molar-refractivity contribution in [3.63, 3.8) is 0 Å². The van der Waals surface area contributed by atoms with Crippen molar-refractivity contribution in [1.29, 1.82) is 0 Å². The molecule has 30 heavy (non-hydrogen) atoms. The summed E-state index contributed by atoms with van der Waals surface area (Å²) in [5.41, 5.74) is 2.18. The van der Waals surface area contributed by atoms with Crippen LogP contribution in [0.2, 0.25) is 0 Å². The van der Waals surface area contributed by atoms with E-state index in [2.05, 4.69) is 46.0 Å². The minimum Gasteiger partial charge on any atom is -0.496 e. The van der Waals surface area contributed by atoms with Crippen molar-refractivity contribution in [3.05, 3.63) is 60.0 Å². The topological polar surface area (TPSA) is 75.8 Å². The van der Waals surface area contributed by atoms with Crippen LogP contribution >= 0.6 is 0 Å². The predicted octanol–water partition coefficient (Wildman–Crippen LogP) is 3.31. The second-order valence-corrected chi connectivity index (χ2v) is 7.78. The molecule has 4 rings (SSSR count). The fourth-order valence-corrected chi connectivity index (χ4v) is 4.42. The Kier molecular flexibility index (Phi) is 6.16. The van der Waals surface area contributed by atoms with Crippen LogP contribution < -0.4 is 15.4 Å². The van der Waals surface area contributed by atoms with Crippen LogP contribution in [0.1, 0.15) is 44.0 Å². The van der Waals surface area contributed by atoms with Gasteiger partial charge in [0, 0.05) is 30.3 Å². The minimum absolute atomic E-state index is 0.0599. The highest BCUT2D eigenvalue weighted by Gasteiger charge is 2.37. The first-order valence-corrected chi connectivity index (χ1v) is 10.7. The van der Waals surface area contributed by atoms with Gasteiger partial charge in [0.15, 0.2) is 17.4 Å². The van der Waals surface area contributed by atoms with Gasteiger partial charge < -0.3 is 15.4 Å². The summed E-state index contributed by atoms with van der Waals surface area (Å²) in [6, 6.07) is 14.3. The second-order valence-electron chi connectivity index (χ2n) is 7.78. The number of hydrogen-bond donors (Lipinski definition) is 2. The first-order chi connectivity index (χ1) is 14.8. The first kappa shape index (κ1) is 20.2. The summed E-state index contributed by atoms with van der Waals surface area (Å²) in [6.45, 7) is 4.16. The zero-order valence-electron chi connectivity index (χ0n) is 17.8. The highest BCUT2D eigenvalue weighted by molar-refractivity contribution is 5.79. The average Bonchev–Trinajstić information content (AvgIpc) is 3.44. The third-order valence-electron chi connectivity index (χ3n) is 5.94. The van der Waals surface area contributed by atoms with Crippen LogP contribution in [0, 0.1) is 0 Å². The molecule has 0 bridgehead atoms. The van der Waals surface area contributed by atoms with E-state index in [9.17, 15) is 0 Å². The zero-order chi connectivity index (χ0) is 20.8. The monoisotopic (exact) mass is 406 g/mol. The van der Waals surface area contributed by atoms with Gasteiger partial charge in [0.2, 0.25) is 0 Å². The summed E-state index contributed by atoms with van der Waals surface area (Å²) in [6.07, 6.45) is 6.73. The number of nitrogens with one attached hydrogen (secondary N) is 2. The number of ether oxygens (including phenoxy) is 1. The first-order valence-electron chi connectivity index (χ1n) is 10.7. The Bertz CT molecular complexity index is 1010. The van der Waals surface area contributed by atoms with E-state index in [1.165, 1.54) is 18.4 Å². The van der Waals surface area contributed by atoms with Gasteiger partial charge in [0.25, 0.3) is 0 Å². The number of hydrogen-bond acceptors (Lipinski definition) is 4. The number of guanidine groups is 1. The van der Waals surface area contributed by atoms with E-state index in [4.69, 9.17) is 9.73 Å². The van der Waals surface area contributed by atoms with Crippen LogP contribution in [0.25, 0.3) is 5.65 Å². The van der Waals surface area contributed by atoms with E-state index >= 15 is 0 Å². The third-order valence-corrected chi connectivity index (χ3v) is 5.94. The maximum Gasteiger partial charge on any atom is 0.191 e. The Morgan fingerprint density at radius 3 is 2.70 bits per heavy atom. The smallest absolute Gasteiger partial charge is 0.191 e. The molecule has 0 amide bonds. The van der Waals surface area contributed by atoms with Crippen LogP contribution in [0.5, 0.6) is 5.75 Å². The number of rotatable bonds is 7. The summed E-state index contributed by atoms with van der Waals surface area (Å²) in [4.78, 5) is 4.77. The maximum absolute atomic E-state index is 5.68. The molecule has 0 spiro atoms. The molecule has 1 aliphatic rings. The molecular weight excluding hydrogens is 376 g/mol. The second kappa shape index (κ2) is 9.15. The van der Waals surface area contributed by atoms with Crippen LogP contribution in [0.3, 0.4) is 0 Å². The number of pyridine rings is 1. The standard InChI is InChI=1S/C23H30N6O/c1-3-24-22(25-16-21-28-27-20-12-6-9-15-29(20)21)26-17-23(13-7-8-14-23)18-10-4-5-11-19(18)30-2/h4-6,9-12,15H,3,7-8,13-14,16-17H2,1-2H3,(H2,24,25,26). The summed E-state index contributed by atoms with van der Waals surface area (Å²) in [7, 11) is 1.75. The van der Waals surface area contributed by atoms with Gasteiger partial charge in [-0.15, -0.1) is 10.2 Å². The molecule has 2 aromatic heterocycles. The van der Waals surface area contributed by atoms with E-state index in [1.54, 1.807) is 7.11 Å². The SMILES string of the molecule is CCNC(=NCc1nnc2ccccn12)NCC1(c2ccccc2OC)CCCC1. The van der Waals surface area contributed by atoms with Gasteiger partial charge in [-0.2, -0.15) is 0 Å². The van der Waals surface area contributed by atoms with Gasteiger partial charge in [-0.3, -0.25) is 4.40 Å². The van der Waals surface area contributed by atoms with E-state index in [0.717, 1.165) is 49.1 Å². The molecule has 0 atom stereocenters. The van der Waals surface area contributed by atoms with Gasteiger partial charge in [-0.25, -0.2) is 4.99 Å². The highest BCUT2D eigenvalue weighted by atomic mass is 16.5. The molecule has 2 N–H and O–H groups in total. The number of nitrogens with zero attached hydrogens (tertiary/aromatic N) is 4. The Balaban J connectivity index is 1.52. The van der Waals surface area contributed by atoms with Gasteiger partial charge in [-0.05, 0) is 38.0 Å².